The molecule has 2 heterocycles. The highest BCUT2D eigenvalue weighted by molar-refractivity contribution is 9.10. The van der Waals surface area contributed by atoms with Crippen molar-refractivity contribution in [3.63, 3.8) is 0 Å². The molecule has 19 heavy (non-hydrogen) atoms. The van der Waals surface area contributed by atoms with Crippen LogP contribution < -0.4 is 9.64 Å². The molecule has 0 bridgehead atoms. The van der Waals surface area contributed by atoms with E-state index in [1.165, 1.54) is 6.20 Å². The van der Waals surface area contributed by atoms with Gasteiger partial charge >= 0.3 is 0 Å². The number of ether oxygens (including phenoxy) is 1. The van der Waals surface area contributed by atoms with Gasteiger partial charge in [0, 0.05) is 4.47 Å². The molecule has 0 spiro atoms. The van der Waals surface area contributed by atoms with E-state index in [0.717, 1.165) is 21.9 Å². The second kappa shape index (κ2) is 4.90. The summed E-state index contributed by atoms with van der Waals surface area (Å²) in [4.78, 5) is 14.1. The average Bonchev–Trinajstić information content (AvgIpc) is 2.91. The highest BCUT2D eigenvalue weighted by Crippen LogP contribution is 2.36. The van der Waals surface area contributed by atoms with Gasteiger partial charge in [-0.2, -0.15) is 8.75 Å². The van der Waals surface area contributed by atoms with Crippen LogP contribution in [0.1, 0.15) is 17.4 Å². The summed E-state index contributed by atoms with van der Waals surface area (Å²) in [5.74, 6) is 0.557. The lowest BCUT2D eigenvalue weighted by molar-refractivity contribution is 0.0957. The van der Waals surface area contributed by atoms with E-state index >= 15 is 0 Å². The Hall–Kier alpha value is -1.47. The molecule has 0 saturated carbocycles. The van der Waals surface area contributed by atoms with E-state index in [0.29, 0.717) is 18.0 Å². The van der Waals surface area contributed by atoms with E-state index in [1.807, 2.05) is 25.1 Å². The lowest BCUT2D eigenvalue weighted by Crippen LogP contribution is -2.42. The Balaban J connectivity index is 2.03. The zero-order valence-electron chi connectivity index (χ0n) is 10.0. The van der Waals surface area contributed by atoms with Gasteiger partial charge in [-0.25, -0.2) is 0 Å². The van der Waals surface area contributed by atoms with E-state index in [9.17, 15) is 4.79 Å². The zero-order valence-corrected chi connectivity index (χ0v) is 12.4. The van der Waals surface area contributed by atoms with Crippen LogP contribution in [0.2, 0.25) is 0 Å². The molecule has 0 saturated heterocycles. The molecule has 1 aromatic carbocycles. The lowest BCUT2D eigenvalue weighted by Gasteiger charge is -2.33. The van der Waals surface area contributed by atoms with Gasteiger partial charge in [0.1, 0.15) is 11.9 Å². The van der Waals surface area contributed by atoms with Gasteiger partial charge in [0.25, 0.3) is 5.91 Å². The van der Waals surface area contributed by atoms with Crippen molar-refractivity contribution in [3.05, 3.63) is 34.6 Å². The minimum atomic E-state index is -0.150. The Labute approximate surface area is 122 Å². The molecule has 5 nitrogen and oxygen atoms in total. The van der Waals surface area contributed by atoms with Gasteiger partial charge in [-0.1, -0.05) is 15.9 Å². The number of anilines is 1. The van der Waals surface area contributed by atoms with E-state index in [4.69, 9.17) is 4.74 Å². The Morgan fingerprint density at radius 1 is 1.58 bits per heavy atom. The summed E-state index contributed by atoms with van der Waals surface area (Å²) in [6, 6.07) is 5.62. The number of amides is 1. The van der Waals surface area contributed by atoms with Crippen molar-refractivity contribution in [2.75, 3.05) is 11.4 Å². The molecule has 98 valence electrons. The van der Waals surface area contributed by atoms with Gasteiger partial charge in [0.2, 0.25) is 0 Å². The standard InChI is InChI=1S/C12H10BrN3O2S/c1-7-6-16(12(17)9-5-14-19-15-9)10-4-8(13)2-3-11(10)18-7/h2-5,7H,6H2,1H3/t7-/m1/s1. The topological polar surface area (TPSA) is 55.3 Å². The molecule has 2 aromatic rings. The number of hydrogen-bond donors (Lipinski definition) is 0. The molecule has 0 fully saturated rings. The van der Waals surface area contributed by atoms with E-state index in [2.05, 4.69) is 24.7 Å². The molecule has 0 aliphatic carbocycles. The molecule has 1 aromatic heterocycles. The predicted molar refractivity (Wildman–Crippen MR) is 75.8 cm³/mol. The fraction of sp³-hybridized carbons (Fsp3) is 0.250. The van der Waals surface area contributed by atoms with Crippen LogP contribution in [0, 0.1) is 0 Å². The molecule has 1 amide bonds. The Bertz CT molecular complexity index is 617. The molecular weight excluding hydrogens is 330 g/mol. The van der Waals surface area contributed by atoms with Gasteiger partial charge < -0.3 is 4.74 Å². The third kappa shape index (κ3) is 2.35. The third-order valence-corrected chi connectivity index (χ3v) is 3.78. The van der Waals surface area contributed by atoms with Gasteiger partial charge in [0.05, 0.1) is 30.2 Å². The minimum absolute atomic E-state index is 0.0516. The molecule has 3 rings (SSSR count). The molecule has 0 N–H and O–H groups in total. The number of halogens is 1. The van der Waals surface area contributed by atoms with Crippen LogP contribution in [0.15, 0.2) is 28.9 Å². The monoisotopic (exact) mass is 339 g/mol. The first-order chi connectivity index (χ1) is 9.15. The molecule has 1 atom stereocenters. The number of carbonyl (C=O) groups is 1. The highest BCUT2D eigenvalue weighted by atomic mass is 79.9. The largest absolute Gasteiger partial charge is 0.487 e. The van der Waals surface area contributed by atoms with Crippen molar-refractivity contribution >= 4 is 39.3 Å². The first kappa shape index (κ1) is 12.6. The Kier molecular flexibility index (Phi) is 3.24. The molecule has 1 aliphatic heterocycles. The lowest BCUT2D eigenvalue weighted by atomic mass is 10.2. The SMILES string of the molecule is C[C@@H]1CN(C(=O)c2cnsn2)c2cc(Br)ccc2O1. The van der Waals surface area contributed by atoms with Crippen molar-refractivity contribution in [2.45, 2.75) is 13.0 Å². The van der Waals surface area contributed by atoms with Gasteiger partial charge in [-0.15, -0.1) is 0 Å². The predicted octanol–water partition coefficient (Wildman–Crippen LogP) is 2.73. The maximum absolute atomic E-state index is 12.4. The van der Waals surface area contributed by atoms with Crippen LogP contribution >= 0.6 is 27.7 Å². The van der Waals surface area contributed by atoms with Crippen molar-refractivity contribution < 1.29 is 9.53 Å². The van der Waals surface area contributed by atoms with Crippen LogP contribution in [0.3, 0.4) is 0 Å². The number of rotatable bonds is 1. The minimum Gasteiger partial charge on any atom is -0.487 e. The molecular formula is C12H10BrN3O2S. The molecule has 7 heteroatoms. The summed E-state index contributed by atoms with van der Waals surface area (Å²) < 4.78 is 14.5. The fourth-order valence-electron chi connectivity index (χ4n) is 2.00. The maximum atomic E-state index is 12.4. The van der Waals surface area contributed by atoms with Crippen molar-refractivity contribution in [2.24, 2.45) is 0 Å². The van der Waals surface area contributed by atoms with Gasteiger partial charge in [-0.05, 0) is 25.1 Å². The summed E-state index contributed by atoms with van der Waals surface area (Å²) in [5, 5.41) is 0. The van der Waals surface area contributed by atoms with Crippen LogP contribution in [-0.4, -0.2) is 27.3 Å². The van der Waals surface area contributed by atoms with Crippen LogP contribution in [0.5, 0.6) is 5.75 Å². The van der Waals surface area contributed by atoms with E-state index < -0.39 is 0 Å². The van der Waals surface area contributed by atoms with E-state index in [1.54, 1.807) is 4.90 Å². The first-order valence-electron chi connectivity index (χ1n) is 5.71. The molecule has 1 aliphatic rings. The van der Waals surface area contributed by atoms with Crippen molar-refractivity contribution in [1.29, 1.82) is 0 Å². The average molecular weight is 340 g/mol. The quantitative estimate of drug-likeness (QED) is 0.801. The van der Waals surface area contributed by atoms with Crippen LogP contribution in [0.4, 0.5) is 5.69 Å². The second-order valence-corrected chi connectivity index (χ2v) is 5.72. The number of nitrogens with zero attached hydrogens (tertiary/aromatic N) is 3. The van der Waals surface area contributed by atoms with Crippen LogP contribution in [0.25, 0.3) is 0 Å². The Morgan fingerprint density at radius 2 is 2.42 bits per heavy atom. The Morgan fingerprint density at radius 3 is 3.16 bits per heavy atom. The number of aromatic nitrogens is 2. The highest BCUT2D eigenvalue weighted by Gasteiger charge is 2.29. The normalized spacial score (nSPS) is 17.8. The number of carbonyl (C=O) groups excluding carboxylic acids is 1. The number of hydrogen-bond acceptors (Lipinski definition) is 5. The van der Waals surface area contributed by atoms with Gasteiger partial charge in [-0.3, -0.25) is 9.69 Å². The maximum Gasteiger partial charge on any atom is 0.279 e. The zero-order chi connectivity index (χ0) is 13.4. The summed E-state index contributed by atoms with van der Waals surface area (Å²) in [6.45, 7) is 2.43. The molecule has 0 unspecified atom stereocenters. The van der Waals surface area contributed by atoms with Crippen molar-refractivity contribution in [3.8, 4) is 5.75 Å². The summed E-state index contributed by atoms with van der Waals surface area (Å²) in [5.41, 5.74) is 1.12. The van der Waals surface area contributed by atoms with E-state index in [-0.39, 0.29) is 12.0 Å². The summed E-state index contributed by atoms with van der Waals surface area (Å²) in [6.07, 6.45) is 1.44. The van der Waals surface area contributed by atoms with Crippen molar-refractivity contribution in [1.82, 2.24) is 8.75 Å². The third-order valence-electron chi connectivity index (χ3n) is 2.81. The second-order valence-electron chi connectivity index (χ2n) is 4.25. The fourth-order valence-corrected chi connectivity index (χ4v) is 2.76. The number of fused-ring (bicyclic) bond motifs is 1. The first-order valence-corrected chi connectivity index (χ1v) is 7.23. The molecule has 0 radical (unpaired) electrons. The summed E-state index contributed by atoms with van der Waals surface area (Å²) in [7, 11) is 0. The smallest absolute Gasteiger partial charge is 0.279 e. The number of benzene rings is 1. The summed E-state index contributed by atoms with van der Waals surface area (Å²) >= 11 is 4.44. The van der Waals surface area contributed by atoms with Crippen LogP contribution in [-0.2, 0) is 0 Å². The van der Waals surface area contributed by atoms with Gasteiger partial charge in [0.15, 0.2) is 5.69 Å².